The number of likely N-dealkylation sites (tertiary alicyclic amines) is 1. The molecule has 0 aliphatic carbocycles. The first-order valence-electron chi connectivity index (χ1n) is 6.65. The van der Waals surface area contributed by atoms with Gasteiger partial charge >= 0.3 is 0 Å². The Morgan fingerprint density at radius 3 is 2.95 bits per heavy atom. The van der Waals surface area contributed by atoms with Crippen LogP contribution in [0.2, 0.25) is 0 Å². The van der Waals surface area contributed by atoms with Gasteiger partial charge in [-0.1, -0.05) is 13.0 Å². The molecule has 1 N–H and O–H groups in total. The van der Waals surface area contributed by atoms with Crippen molar-refractivity contribution in [2.75, 3.05) is 20.1 Å². The fourth-order valence-corrected chi connectivity index (χ4v) is 3.50. The first kappa shape index (κ1) is 12.8. The topological polar surface area (TPSA) is 24.0 Å². The summed E-state index contributed by atoms with van der Waals surface area (Å²) in [6.45, 7) is 4.34. The van der Waals surface area contributed by atoms with Gasteiger partial charge in [0.05, 0.1) is 5.52 Å². The molecule has 2 unspecified atom stereocenters. The highest BCUT2D eigenvalue weighted by molar-refractivity contribution is 7.71. The van der Waals surface area contributed by atoms with Crippen molar-refractivity contribution in [2.45, 2.75) is 19.4 Å². The predicted octanol–water partition coefficient (Wildman–Crippen LogP) is 3.35. The van der Waals surface area contributed by atoms with Crippen LogP contribution in [0.15, 0.2) is 18.2 Å². The van der Waals surface area contributed by atoms with E-state index in [4.69, 9.17) is 12.2 Å². The fraction of sp³-hybridized carbons (Fsp3) is 0.500. The van der Waals surface area contributed by atoms with Crippen LogP contribution in [0.3, 0.4) is 0 Å². The molecule has 1 fully saturated rings. The van der Waals surface area contributed by atoms with E-state index in [0.717, 1.165) is 25.0 Å². The molecule has 0 bridgehead atoms. The number of nitrogens with zero attached hydrogens (tertiary/aromatic N) is 2. The molecule has 3 nitrogen and oxygen atoms in total. The number of halogens is 1. The maximum atomic E-state index is 13.8. The van der Waals surface area contributed by atoms with Crippen molar-refractivity contribution in [3.8, 4) is 0 Å². The molecule has 0 amide bonds. The maximum absolute atomic E-state index is 13.8. The molecule has 2 aromatic rings. The van der Waals surface area contributed by atoms with Gasteiger partial charge in [-0.25, -0.2) is 4.39 Å². The molecule has 0 saturated carbocycles. The third-order valence-electron chi connectivity index (χ3n) is 4.10. The van der Waals surface area contributed by atoms with Crippen LogP contribution in [-0.2, 0) is 0 Å². The van der Waals surface area contributed by atoms with Gasteiger partial charge in [-0.3, -0.25) is 0 Å². The molecule has 1 saturated heterocycles. The van der Waals surface area contributed by atoms with Crippen LogP contribution >= 0.6 is 12.2 Å². The highest BCUT2D eigenvalue weighted by atomic mass is 32.1. The average Bonchev–Trinajstić information content (AvgIpc) is 2.68. The van der Waals surface area contributed by atoms with Gasteiger partial charge in [0, 0.05) is 12.6 Å². The van der Waals surface area contributed by atoms with Crippen molar-refractivity contribution >= 4 is 23.3 Å². The van der Waals surface area contributed by atoms with Crippen LogP contribution in [0.25, 0.3) is 11.0 Å². The van der Waals surface area contributed by atoms with Gasteiger partial charge in [0.1, 0.15) is 11.3 Å². The van der Waals surface area contributed by atoms with Crippen LogP contribution in [0.1, 0.15) is 19.4 Å². The van der Waals surface area contributed by atoms with Crippen molar-refractivity contribution < 1.29 is 4.39 Å². The molecule has 1 aromatic carbocycles. The van der Waals surface area contributed by atoms with Crippen molar-refractivity contribution in [1.29, 1.82) is 0 Å². The molecule has 1 aliphatic rings. The van der Waals surface area contributed by atoms with Gasteiger partial charge in [-0.15, -0.1) is 0 Å². The Hall–Kier alpha value is -1.20. The minimum absolute atomic E-state index is 0.233. The van der Waals surface area contributed by atoms with Crippen LogP contribution in [0.5, 0.6) is 0 Å². The lowest BCUT2D eigenvalue weighted by Crippen LogP contribution is -2.37. The maximum Gasteiger partial charge on any atom is 0.178 e. The van der Waals surface area contributed by atoms with Crippen molar-refractivity contribution in [1.82, 2.24) is 14.5 Å². The largest absolute Gasteiger partial charge is 0.328 e. The molecule has 102 valence electrons. The zero-order valence-electron chi connectivity index (χ0n) is 11.2. The van der Waals surface area contributed by atoms with Crippen LogP contribution < -0.4 is 0 Å². The molecule has 5 heteroatoms. The first-order valence-corrected chi connectivity index (χ1v) is 7.06. The summed E-state index contributed by atoms with van der Waals surface area (Å²) in [5, 5.41) is 0. The van der Waals surface area contributed by atoms with E-state index >= 15 is 0 Å². The fourth-order valence-electron chi connectivity index (χ4n) is 3.17. The number of fused-ring (bicyclic) bond motifs is 1. The molecule has 1 aromatic heterocycles. The van der Waals surface area contributed by atoms with E-state index in [1.165, 1.54) is 6.07 Å². The predicted molar refractivity (Wildman–Crippen MR) is 77.4 cm³/mol. The van der Waals surface area contributed by atoms with E-state index in [1.807, 2.05) is 6.07 Å². The van der Waals surface area contributed by atoms with Gasteiger partial charge in [0.25, 0.3) is 0 Å². The van der Waals surface area contributed by atoms with E-state index in [-0.39, 0.29) is 5.82 Å². The second-order valence-corrected chi connectivity index (χ2v) is 5.92. The normalized spacial score (nSPS) is 25.0. The number of rotatable bonds is 1. The SMILES string of the molecule is CC1CN(C)CCC1n1c(=S)[nH]c2c(F)cccc21. The third-order valence-corrected chi connectivity index (χ3v) is 4.40. The van der Waals surface area contributed by atoms with Crippen molar-refractivity contribution in [2.24, 2.45) is 5.92 Å². The van der Waals surface area contributed by atoms with Gasteiger partial charge < -0.3 is 14.5 Å². The minimum Gasteiger partial charge on any atom is -0.328 e. The number of H-pyrrole nitrogens is 1. The Kier molecular flexibility index (Phi) is 3.19. The molecule has 2 atom stereocenters. The number of aromatic nitrogens is 2. The Bertz CT molecular complexity index is 660. The number of imidazole rings is 1. The second kappa shape index (κ2) is 4.72. The lowest BCUT2D eigenvalue weighted by molar-refractivity contribution is 0.160. The molecule has 3 rings (SSSR count). The van der Waals surface area contributed by atoms with Crippen molar-refractivity contribution in [3.63, 3.8) is 0 Å². The molecule has 2 heterocycles. The zero-order valence-corrected chi connectivity index (χ0v) is 12.0. The Morgan fingerprint density at radius 2 is 2.21 bits per heavy atom. The number of benzene rings is 1. The monoisotopic (exact) mass is 279 g/mol. The Morgan fingerprint density at radius 1 is 1.42 bits per heavy atom. The van der Waals surface area contributed by atoms with E-state index in [9.17, 15) is 4.39 Å². The standard InChI is InChI=1S/C14H18FN3S/c1-9-8-17(2)7-6-11(9)18-12-5-3-4-10(15)13(12)16-14(18)19/h3-5,9,11H,6-8H2,1-2H3,(H,16,19). The van der Waals surface area contributed by atoms with Gasteiger partial charge in [0.2, 0.25) is 0 Å². The summed E-state index contributed by atoms with van der Waals surface area (Å²) in [5.41, 5.74) is 1.41. The highest BCUT2D eigenvalue weighted by Crippen LogP contribution is 2.31. The summed E-state index contributed by atoms with van der Waals surface area (Å²) in [5.74, 6) is 0.274. The van der Waals surface area contributed by atoms with Gasteiger partial charge in [-0.05, 0) is 50.3 Å². The smallest absolute Gasteiger partial charge is 0.178 e. The summed E-state index contributed by atoms with van der Waals surface area (Å²) in [4.78, 5) is 5.35. The number of hydrogen-bond donors (Lipinski definition) is 1. The lowest BCUT2D eigenvalue weighted by Gasteiger charge is -2.35. The van der Waals surface area contributed by atoms with E-state index in [0.29, 0.717) is 22.2 Å². The van der Waals surface area contributed by atoms with Crippen LogP contribution in [0, 0.1) is 16.5 Å². The van der Waals surface area contributed by atoms with E-state index in [2.05, 4.69) is 28.4 Å². The molecule has 19 heavy (non-hydrogen) atoms. The average molecular weight is 279 g/mol. The summed E-state index contributed by atoms with van der Waals surface area (Å²) < 4.78 is 16.5. The quantitative estimate of drug-likeness (QED) is 0.809. The summed E-state index contributed by atoms with van der Waals surface area (Å²) >= 11 is 5.40. The number of hydrogen-bond acceptors (Lipinski definition) is 2. The minimum atomic E-state index is -0.233. The summed E-state index contributed by atoms with van der Waals surface area (Å²) in [6, 6.07) is 5.50. The lowest BCUT2D eigenvalue weighted by atomic mass is 9.94. The first-order chi connectivity index (χ1) is 9.08. The number of piperidine rings is 1. The highest BCUT2D eigenvalue weighted by Gasteiger charge is 2.27. The molecular formula is C14H18FN3S. The Labute approximate surface area is 117 Å². The van der Waals surface area contributed by atoms with Gasteiger partial charge in [0.15, 0.2) is 4.77 Å². The Balaban J connectivity index is 2.12. The van der Waals surface area contributed by atoms with E-state index < -0.39 is 0 Å². The second-order valence-electron chi connectivity index (χ2n) is 5.53. The molecular weight excluding hydrogens is 261 g/mol. The summed E-state index contributed by atoms with van der Waals surface area (Å²) in [6.07, 6.45) is 1.05. The zero-order chi connectivity index (χ0) is 13.6. The molecule has 1 aliphatic heterocycles. The number of para-hydroxylation sites is 1. The summed E-state index contributed by atoms with van der Waals surface area (Å²) in [7, 11) is 2.14. The van der Waals surface area contributed by atoms with Crippen LogP contribution in [-0.4, -0.2) is 34.6 Å². The number of aromatic amines is 1. The molecule has 0 radical (unpaired) electrons. The number of nitrogens with one attached hydrogen (secondary N) is 1. The third kappa shape index (κ3) is 2.11. The molecule has 0 spiro atoms. The van der Waals surface area contributed by atoms with Crippen molar-refractivity contribution in [3.05, 3.63) is 28.8 Å². The van der Waals surface area contributed by atoms with Gasteiger partial charge in [-0.2, -0.15) is 0 Å². The van der Waals surface area contributed by atoms with Crippen LogP contribution in [0.4, 0.5) is 4.39 Å². The van der Waals surface area contributed by atoms with E-state index in [1.54, 1.807) is 6.07 Å².